The van der Waals surface area contributed by atoms with E-state index in [1.807, 2.05) is 62.3 Å². The van der Waals surface area contributed by atoms with Gasteiger partial charge in [0.2, 0.25) is 0 Å². The minimum atomic E-state index is -0.665. The number of amides is 1. The van der Waals surface area contributed by atoms with E-state index in [9.17, 15) is 9.70 Å². The Kier molecular flexibility index (Phi) is 19.2. The predicted octanol–water partition coefficient (Wildman–Crippen LogP) is 11.0. The SMILES string of the molecule is CC.O=NC(=O)C(Cc1ccccc1)NSC1C=NC(N2CCC(CCCCCCC3CCN(Sc4cc(Br)c(Cl)s4)CC3)CC2)C(Br)C1. The Hall–Kier alpha value is -0.310. The van der Waals surface area contributed by atoms with Crippen LogP contribution in [-0.2, 0) is 11.2 Å². The predicted molar refractivity (Wildman–Crippen MR) is 219 cm³/mol. The molecule has 0 aliphatic carbocycles. The number of nitroso groups, excluding NO2 is 1. The van der Waals surface area contributed by atoms with E-state index in [0.717, 1.165) is 45.7 Å². The molecule has 0 saturated carbocycles. The van der Waals surface area contributed by atoms with Gasteiger partial charge in [-0.05, 0) is 89.9 Å². The summed E-state index contributed by atoms with van der Waals surface area (Å²) in [7, 11) is 0. The highest BCUT2D eigenvalue weighted by atomic mass is 79.9. The van der Waals surface area contributed by atoms with Crippen LogP contribution in [0.4, 0.5) is 0 Å². The van der Waals surface area contributed by atoms with E-state index in [2.05, 4.69) is 57.0 Å². The number of hydrogen-bond donors (Lipinski definition) is 1. The first-order chi connectivity index (χ1) is 23.9. The maximum absolute atomic E-state index is 12.2. The molecule has 0 spiro atoms. The molecule has 0 bridgehead atoms. The number of carbonyl (C=O) groups is 1. The zero-order valence-corrected chi connectivity index (χ0v) is 35.2. The molecule has 0 radical (unpaired) electrons. The Bertz CT molecular complexity index is 1270. The zero-order chi connectivity index (χ0) is 35.0. The minimum Gasteiger partial charge on any atom is -0.281 e. The van der Waals surface area contributed by atoms with Crippen LogP contribution in [0.15, 0.2) is 55.2 Å². The molecule has 2 saturated heterocycles. The highest BCUT2D eigenvalue weighted by Gasteiger charge is 2.33. The molecule has 1 aromatic carbocycles. The van der Waals surface area contributed by atoms with Crippen molar-refractivity contribution in [3.8, 4) is 0 Å². The lowest BCUT2D eigenvalue weighted by Gasteiger charge is -2.40. The maximum Gasteiger partial charge on any atom is 0.304 e. The summed E-state index contributed by atoms with van der Waals surface area (Å²) in [6.45, 7) is 8.57. The fraction of sp³-hybridized carbons (Fsp3) is 0.667. The smallest absolute Gasteiger partial charge is 0.281 e. The third-order valence-corrected chi connectivity index (χ3v) is 15.2. The van der Waals surface area contributed by atoms with Gasteiger partial charge in [0.1, 0.15) is 16.5 Å². The fourth-order valence-electron chi connectivity index (χ4n) is 6.86. The summed E-state index contributed by atoms with van der Waals surface area (Å²) in [5.74, 6) is 1.06. The first-order valence-electron chi connectivity index (χ1n) is 18.0. The summed E-state index contributed by atoms with van der Waals surface area (Å²) in [5, 5.41) is 2.81. The van der Waals surface area contributed by atoms with Crippen LogP contribution in [0.5, 0.6) is 0 Å². The number of halogens is 3. The highest BCUT2D eigenvalue weighted by Crippen LogP contribution is 2.40. The molecule has 4 atom stereocenters. The van der Waals surface area contributed by atoms with Gasteiger partial charge in [0, 0.05) is 42.0 Å². The van der Waals surface area contributed by atoms with E-state index in [1.165, 1.54) is 93.5 Å². The maximum atomic E-state index is 12.2. The molecule has 3 aliphatic rings. The van der Waals surface area contributed by atoms with Crippen molar-refractivity contribution in [2.45, 2.75) is 117 Å². The molecular weight excluding hydrogens is 826 g/mol. The number of alkyl halides is 1. The summed E-state index contributed by atoms with van der Waals surface area (Å²) in [6.07, 6.45) is 16.9. The molecule has 3 aliphatic heterocycles. The number of unbranched alkanes of at least 4 members (excludes halogenated alkanes) is 3. The van der Waals surface area contributed by atoms with E-state index in [4.69, 9.17) is 16.6 Å². The van der Waals surface area contributed by atoms with Crippen LogP contribution >= 0.6 is 78.7 Å². The lowest BCUT2D eigenvalue weighted by Crippen LogP contribution is -2.47. The van der Waals surface area contributed by atoms with E-state index in [-0.39, 0.29) is 16.2 Å². The number of thiophene rings is 1. The molecule has 4 unspecified atom stereocenters. The third kappa shape index (κ3) is 13.9. The second kappa shape index (κ2) is 22.7. The van der Waals surface area contributed by atoms with Crippen LogP contribution in [0, 0.1) is 16.7 Å². The van der Waals surface area contributed by atoms with Crippen LogP contribution in [0.3, 0.4) is 0 Å². The molecular formula is C36H52Br2ClN5O2S3. The number of rotatable bonds is 16. The van der Waals surface area contributed by atoms with Crippen LogP contribution in [0.25, 0.3) is 0 Å². The lowest BCUT2D eigenvalue weighted by atomic mass is 9.89. The number of aliphatic imine (C=N–C) groups is 1. The number of nitrogens with zero attached hydrogens (tertiary/aromatic N) is 4. The topological polar surface area (TPSA) is 77.4 Å². The van der Waals surface area contributed by atoms with Crippen molar-refractivity contribution in [2.24, 2.45) is 22.0 Å². The molecule has 5 rings (SSSR count). The van der Waals surface area contributed by atoms with Crippen molar-refractivity contribution in [3.63, 3.8) is 0 Å². The van der Waals surface area contributed by atoms with Crippen molar-refractivity contribution >= 4 is 90.8 Å². The third-order valence-electron chi connectivity index (χ3n) is 9.63. The van der Waals surface area contributed by atoms with Gasteiger partial charge in [-0.1, -0.05) is 122 Å². The Morgan fingerprint density at radius 3 is 2.24 bits per heavy atom. The lowest BCUT2D eigenvalue weighted by molar-refractivity contribution is -0.119. The number of carbonyl (C=O) groups excluding carboxylic acids is 1. The van der Waals surface area contributed by atoms with Crippen molar-refractivity contribution in [1.29, 1.82) is 0 Å². The van der Waals surface area contributed by atoms with Crippen LogP contribution in [-0.4, -0.2) is 69.8 Å². The van der Waals surface area contributed by atoms with Crippen molar-refractivity contribution in [3.05, 3.63) is 55.7 Å². The van der Waals surface area contributed by atoms with Gasteiger partial charge in [-0.3, -0.25) is 19.4 Å². The van der Waals surface area contributed by atoms with Crippen LogP contribution < -0.4 is 4.72 Å². The number of piperidine rings is 2. The normalized spacial score (nSPS) is 23.2. The van der Waals surface area contributed by atoms with Gasteiger partial charge in [-0.25, -0.2) is 4.31 Å². The van der Waals surface area contributed by atoms with E-state index < -0.39 is 11.9 Å². The summed E-state index contributed by atoms with van der Waals surface area (Å²) in [6, 6.07) is 11.2. The first-order valence-corrected chi connectivity index (χ1v) is 22.5. The average Bonchev–Trinajstić information content (AvgIpc) is 3.45. The van der Waals surface area contributed by atoms with Crippen LogP contribution in [0.1, 0.15) is 90.0 Å². The van der Waals surface area contributed by atoms with Crippen LogP contribution in [0.2, 0.25) is 4.34 Å². The quantitative estimate of drug-likeness (QED) is 0.0779. The molecule has 13 heteroatoms. The molecule has 272 valence electrons. The minimum absolute atomic E-state index is 0.122. The molecule has 1 aromatic heterocycles. The Labute approximate surface area is 328 Å². The largest absolute Gasteiger partial charge is 0.304 e. The molecule has 2 fully saturated rings. The second-order valence-corrected chi connectivity index (χ2v) is 19.2. The van der Waals surface area contributed by atoms with E-state index >= 15 is 0 Å². The van der Waals surface area contributed by atoms with Gasteiger partial charge in [0.15, 0.2) is 0 Å². The van der Waals surface area contributed by atoms with Crippen molar-refractivity contribution < 1.29 is 4.79 Å². The van der Waals surface area contributed by atoms with Gasteiger partial charge < -0.3 is 0 Å². The highest BCUT2D eigenvalue weighted by molar-refractivity contribution is 9.10. The summed E-state index contributed by atoms with van der Waals surface area (Å²) in [5.41, 5.74) is 0.995. The average molecular weight is 878 g/mol. The van der Waals surface area contributed by atoms with E-state index in [1.54, 1.807) is 11.3 Å². The monoisotopic (exact) mass is 875 g/mol. The number of hydrogen-bond acceptors (Lipinski definition) is 9. The standard InChI is InChI=1S/C34H46Br2ClN5O2S3.C2H6/c35-28-22-31(45-32(28)37)47-42-18-14-25(15-19-42)9-5-2-1-4-8-24-12-16-41(17-13-24)33-29(36)21-27(23-38-33)46-40-30(34(43)39-44)20-26-10-6-3-7-11-26;1-2/h3,6-7,10-11,22-25,27,29-30,33,40H,1-2,4-5,8-9,12-21H2;1-2H3. The molecule has 2 aromatic rings. The summed E-state index contributed by atoms with van der Waals surface area (Å²) >= 11 is 18.6. The second-order valence-electron chi connectivity index (χ2n) is 13.0. The Balaban J connectivity index is 0.00000265. The van der Waals surface area contributed by atoms with Gasteiger partial charge >= 0.3 is 5.91 Å². The van der Waals surface area contributed by atoms with Gasteiger partial charge in [0.25, 0.3) is 0 Å². The zero-order valence-electron chi connectivity index (χ0n) is 28.8. The number of nitrogens with one attached hydrogen (secondary N) is 1. The van der Waals surface area contributed by atoms with Gasteiger partial charge in [-0.2, -0.15) is 0 Å². The molecule has 7 nitrogen and oxygen atoms in total. The summed E-state index contributed by atoms with van der Waals surface area (Å²) in [4.78, 5) is 30.9. The first kappa shape index (κ1) is 41.4. The fourth-order valence-corrected chi connectivity index (χ4v) is 12.2. The Morgan fingerprint density at radius 1 is 1.04 bits per heavy atom. The molecule has 49 heavy (non-hydrogen) atoms. The molecule has 1 N–H and O–H groups in total. The number of benzene rings is 1. The molecule has 1 amide bonds. The van der Waals surface area contributed by atoms with Gasteiger partial charge in [0.05, 0.1) is 14.3 Å². The van der Waals surface area contributed by atoms with Crippen molar-refractivity contribution in [2.75, 3.05) is 26.2 Å². The molecule has 4 heterocycles. The van der Waals surface area contributed by atoms with E-state index in [0.29, 0.717) is 6.42 Å². The van der Waals surface area contributed by atoms with Gasteiger partial charge in [-0.15, -0.1) is 16.2 Å². The summed E-state index contributed by atoms with van der Waals surface area (Å²) < 4.78 is 8.84. The number of likely N-dealkylation sites (tertiary alicyclic amines) is 1. The van der Waals surface area contributed by atoms with Crippen molar-refractivity contribution in [1.82, 2.24) is 13.9 Å². The Morgan fingerprint density at radius 2 is 1.67 bits per heavy atom.